The van der Waals surface area contributed by atoms with Gasteiger partial charge in [0.2, 0.25) is 0 Å². The van der Waals surface area contributed by atoms with Crippen molar-refractivity contribution in [2.75, 3.05) is 0 Å². The molecule has 2 nitrogen and oxygen atoms in total. The summed E-state index contributed by atoms with van der Waals surface area (Å²) < 4.78 is 2.71. The van der Waals surface area contributed by atoms with E-state index in [4.69, 9.17) is 9.98 Å². The third-order valence-electron chi connectivity index (χ3n) is 11.3. The maximum atomic E-state index is 5.46. The summed E-state index contributed by atoms with van der Waals surface area (Å²) >= 11 is 1.92. The molecule has 0 spiro atoms. The smallest absolute Gasteiger partial charge is 0.0836 e. The number of hydrogen-bond donors (Lipinski definition) is 0. The Kier molecular flexibility index (Phi) is 5.94. The highest BCUT2D eigenvalue weighted by molar-refractivity contribution is 7.17. The summed E-state index contributed by atoms with van der Waals surface area (Å²) in [5, 5.41) is 5.39. The molecule has 3 heteroatoms. The Morgan fingerprint density at radius 3 is 2.10 bits per heavy atom. The monoisotopic (exact) mass is 644 g/mol. The molecule has 0 radical (unpaired) electrons. The van der Waals surface area contributed by atoms with Crippen LogP contribution in [0.4, 0.5) is 0 Å². The van der Waals surface area contributed by atoms with Gasteiger partial charge in [-0.15, -0.1) is 11.3 Å². The number of benzene rings is 5. The maximum absolute atomic E-state index is 5.46. The Hall–Kier alpha value is -5.38. The van der Waals surface area contributed by atoms with Crippen LogP contribution in [0.3, 0.4) is 0 Å². The van der Waals surface area contributed by atoms with Crippen LogP contribution in [-0.2, 0) is 0 Å². The molecule has 2 aliphatic heterocycles. The summed E-state index contributed by atoms with van der Waals surface area (Å²) in [6, 6.07) is 40.3. The van der Waals surface area contributed by atoms with Gasteiger partial charge in [0.15, 0.2) is 0 Å². The van der Waals surface area contributed by atoms with E-state index in [2.05, 4.69) is 158 Å². The van der Waals surface area contributed by atoms with Crippen LogP contribution >= 0.6 is 11.3 Å². The van der Waals surface area contributed by atoms with Gasteiger partial charge in [0.05, 0.1) is 23.5 Å². The highest BCUT2D eigenvalue weighted by Crippen LogP contribution is 2.51. The highest BCUT2D eigenvalue weighted by atomic mass is 32.1. The topological polar surface area (TPSA) is 24.7 Å². The summed E-state index contributed by atoms with van der Waals surface area (Å²) in [6.45, 7) is 0. The van der Waals surface area contributed by atoms with Gasteiger partial charge in [0.1, 0.15) is 0 Å². The van der Waals surface area contributed by atoms with Crippen molar-refractivity contribution in [1.29, 1.82) is 0 Å². The van der Waals surface area contributed by atoms with Crippen molar-refractivity contribution in [2.45, 2.75) is 23.9 Å². The van der Waals surface area contributed by atoms with Gasteiger partial charge in [-0.3, -0.25) is 9.98 Å². The van der Waals surface area contributed by atoms with Crippen LogP contribution in [0.5, 0.6) is 0 Å². The molecule has 5 aromatic carbocycles. The minimum Gasteiger partial charge on any atom is -0.278 e. The summed E-state index contributed by atoms with van der Waals surface area (Å²) in [5.74, 6) is 1.13. The number of rotatable bonds is 2. The maximum Gasteiger partial charge on any atom is 0.0836 e. The molecule has 6 atom stereocenters. The summed E-state index contributed by atoms with van der Waals surface area (Å²) in [4.78, 5) is 10.8. The van der Waals surface area contributed by atoms with Crippen LogP contribution in [0, 0.1) is 11.8 Å². The minimum atomic E-state index is 0.0834. The molecule has 0 saturated heterocycles. The first-order valence-electron chi connectivity index (χ1n) is 17.4. The van der Waals surface area contributed by atoms with E-state index < -0.39 is 0 Å². The van der Waals surface area contributed by atoms with Gasteiger partial charge in [-0.2, -0.15) is 0 Å². The molecule has 0 fully saturated rings. The molecular formula is C46H32N2S. The zero-order valence-electron chi connectivity index (χ0n) is 26.8. The molecule has 6 unspecified atom stereocenters. The number of hydrogen-bond acceptors (Lipinski definition) is 3. The third kappa shape index (κ3) is 4.19. The zero-order chi connectivity index (χ0) is 32.1. The second kappa shape index (κ2) is 10.6. The number of aliphatic imine (C=N–C) groups is 2. The number of nitrogens with zero attached hydrogens (tertiary/aromatic N) is 2. The van der Waals surface area contributed by atoms with E-state index in [1.807, 2.05) is 11.3 Å². The van der Waals surface area contributed by atoms with Gasteiger partial charge in [0, 0.05) is 43.9 Å². The number of thiophene rings is 1. The van der Waals surface area contributed by atoms with Crippen LogP contribution in [-0.4, -0.2) is 23.5 Å². The van der Waals surface area contributed by atoms with Crippen LogP contribution < -0.4 is 9.75 Å². The average molecular weight is 645 g/mol. The predicted octanol–water partition coefficient (Wildman–Crippen LogP) is 9.13. The van der Waals surface area contributed by atoms with Crippen molar-refractivity contribution >= 4 is 55.8 Å². The van der Waals surface area contributed by atoms with Crippen LogP contribution in [0.25, 0.3) is 44.1 Å². The molecule has 3 heterocycles. The van der Waals surface area contributed by atoms with Crippen LogP contribution in [0.15, 0.2) is 156 Å². The number of allylic oxidation sites excluding steroid dienone is 2. The van der Waals surface area contributed by atoms with E-state index in [0.717, 1.165) is 11.4 Å². The molecule has 1 aromatic heterocycles. The Morgan fingerprint density at radius 2 is 1.27 bits per heavy atom. The zero-order valence-corrected chi connectivity index (χ0v) is 27.6. The highest BCUT2D eigenvalue weighted by Gasteiger charge is 2.38. The van der Waals surface area contributed by atoms with E-state index in [9.17, 15) is 0 Å². The van der Waals surface area contributed by atoms with Gasteiger partial charge in [-0.25, -0.2) is 0 Å². The third-order valence-corrected chi connectivity index (χ3v) is 12.5. The van der Waals surface area contributed by atoms with E-state index in [1.54, 1.807) is 0 Å². The lowest BCUT2D eigenvalue weighted by atomic mass is 9.69. The minimum absolute atomic E-state index is 0.0834. The fourth-order valence-electron chi connectivity index (χ4n) is 8.99. The molecular weight excluding hydrogens is 613 g/mol. The molecule has 232 valence electrons. The standard InChI is InChI=1S/C46H32N2S/c1-2-9-28(10-3-1)40-21-17-29-14-15-30-18-22-41(48-46(30)45(29)47-40)31-19-23-42-37(24-31)38-25-36-34-13-7-6-12-33(34)35-20-16-27-8-4-5-11-32(27)44(35)39(36)26-43(38)49-42/h1-26,29-30,36,39,45-46H. The van der Waals surface area contributed by atoms with Gasteiger partial charge in [0.25, 0.3) is 0 Å². The number of dihydropyridines is 2. The first-order chi connectivity index (χ1) is 24.3. The average Bonchev–Trinajstić information content (AvgIpc) is 3.53. The van der Waals surface area contributed by atoms with Crippen molar-refractivity contribution in [1.82, 2.24) is 0 Å². The molecule has 5 aliphatic rings. The Labute approximate surface area is 289 Å². The van der Waals surface area contributed by atoms with Gasteiger partial charge in [-0.1, -0.05) is 134 Å². The molecule has 0 N–H and O–H groups in total. The van der Waals surface area contributed by atoms with Crippen molar-refractivity contribution in [2.24, 2.45) is 21.8 Å². The quantitative estimate of drug-likeness (QED) is 0.168. The normalized spacial score (nSPS) is 25.5. The van der Waals surface area contributed by atoms with Crippen LogP contribution in [0.2, 0.25) is 0 Å². The van der Waals surface area contributed by atoms with Crippen LogP contribution in [0.1, 0.15) is 34.1 Å². The Balaban J connectivity index is 1.03. The molecule has 3 aliphatic carbocycles. The van der Waals surface area contributed by atoms with E-state index in [1.165, 1.54) is 64.0 Å². The predicted molar refractivity (Wildman–Crippen MR) is 206 cm³/mol. The summed E-state index contributed by atoms with van der Waals surface area (Å²) in [5.41, 5.74) is 10.1. The molecule has 11 rings (SSSR count). The fourth-order valence-corrected chi connectivity index (χ4v) is 10.1. The summed E-state index contributed by atoms with van der Waals surface area (Å²) in [7, 11) is 0. The number of fused-ring (bicyclic) bond motifs is 14. The second-order valence-corrected chi connectivity index (χ2v) is 15.0. The van der Waals surface area contributed by atoms with E-state index >= 15 is 0 Å². The van der Waals surface area contributed by atoms with Crippen molar-refractivity contribution in [3.8, 4) is 11.1 Å². The summed E-state index contributed by atoms with van der Waals surface area (Å²) in [6.07, 6.45) is 18.9. The molecule has 0 saturated carbocycles. The Morgan fingerprint density at radius 1 is 0.531 bits per heavy atom. The Bertz CT molecular complexity index is 2650. The SMILES string of the molecule is C1=CC2C=CC3C=CC(c4ccc5sc6c(c5c4)=CC4c5ccccc5-c5ccc7ccccc7c5C4C=6)=NC3C2N=C1c1ccccc1. The fraction of sp³-hybridized carbons (Fsp3) is 0.130. The molecule has 6 aromatic rings. The van der Waals surface area contributed by atoms with E-state index in [0.29, 0.717) is 5.92 Å². The van der Waals surface area contributed by atoms with Crippen molar-refractivity contribution in [3.05, 3.63) is 178 Å². The largest absolute Gasteiger partial charge is 0.278 e. The molecule has 0 bridgehead atoms. The molecule has 0 amide bonds. The van der Waals surface area contributed by atoms with E-state index in [-0.39, 0.29) is 29.8 Å². The van der Waals surface area contributed by atoms with Crippen molar-refractivity contribution in [3.63, 3.8) is 0 Å². The van der Waals surface area contributed by atoms with Gasteiger partial charge >= 0.3 is 0 Å². The molecule has 49 heavy (non-hydrogen) atoms. The lowest BCUT2D eigenvalue weighted by Crippen LogP contribution is -2.41. The first kappa shape index (κ1) is 27.6. The van der Waals surface area contributed by atoms with Crippen molar-refractivity contribution < 1.29 is 0 Å². The van der Waals surface area contributed by atoms with Gasteiger partial charge < -0.3 is 0 Å². The lowest BCUT2D eigenvalue weighted by molar-refractivity contribution is 0.406. The lowest BCUT2D eigenvalue weighted by Gasteiger charge is -2.37. The van der Waals surface area contributed by atoms with Gasteiger partial charge in [-0.05, 0) is 68.1 Å². The first-order valence-corrected chi connectivity index (χ1v) is 18.2. The second-order valence-electron chi connectivity index (χ2n) is 13.9.